The molecule has 9 heteroatoms. The summed E-state index contributed by atoms with van der Waals surface area (Å²) >= 11 is 0. The normalized spacial score (nSPS) is 18.1. The maximum atomic E-state index is 13.6. The van der Waals surface area contributed by atoms with Crippen molar-refractivity contribution in [3.8, 4) is 5.75 Å². The minimum Gasteiger partial charge on any atom is -0.486 e. The number of para-hydroxylation sites is 2. The number of pyridine rings is 1. The fourth-order valence-electron chi connectivity index (χ4n) is 4.54. The molecule has 0 fully saturated rings. The highest BCUT2D eigenvalue weighted by Crippen LogP contribution is 2.35. The maximum absolute atomic E-state index is 13.6. The van der Waals surface area contributed by atoms with E-state index in [0.717, 1.165) is 5.56 Å². The van der Waals surface area contributed by atoms with Crippen molar-refractivity contribution in [2.24, 2.45) is 5.92 Å². The quantitative estimate of drug-likeness (QED) is 0.416. The number of aliphatic hydroxyl groups excluding tert-OH is 1. The zero-order valence-corrected chi connectivity index (χ0v) is 22.0. The van der Waals surface area contributed by atoms with Gasteiger partial charge in [-0.1, -0.05) is 31.2 Å². The van der Waals surface area contributed by atoms with Crippen LogP contribution in [0.1, 0.15) is 29.8 Å². The van der Waals surface area contributed by atoms with Gasteiger partial charge in [-0.25, -0.2) is 4.79 Å². The van der Waals surface area contributed by atoms with Crippen LogP contribution in [0.4, 0.5) is 16.2 Å². The van der Waals surface area contributed by atoms with Gasteiger partial charge in [-0.05, 0) is 55.9 Å². The zero-order valence-electron chi connectivity index (χ0n) is 22.0. The average molecular weight is 518 g/mol. The first kappa shape index (κ1) is 27.1. The van der Waals surface area contributed by atoms with Crippen LogP contribution in [-0.4, -0.2) is 70.7 Å². The van der Waals surface area contributed by atoms with Crippen LogP contribution < -0.4 is 15.4 Å². The van der Waals surface area contributed by atoms with Crippen LogP contribution in [-0.2, 0) is 6.54 Å². The molecule has 38 heavy (non-hydrogen) atoms. The number of hydrogen-bond donors (Lipinski definition) is 3. The van der Waals surface area contributed by atoms with Gasteiger partial charge >= 0.3 is 6.03 Å². The number of carbonyl (C=O) groups excluding carboxylic acids is 2. The van der Waals surface area contributed by atoms with E-state index in [1.54, 1.807) is 47.6 Å². The molecule has 0 radical (unpaired) electrons. The van der Waals surface area contributed by atoms with Crippen molar-refractivity contribution in [3.63, 3.8) is 0 Å². The molecule has 4 rings (SSSR count). The molecule has 0 unspecified atom stereocenters. The third-order valence-electron chi connectivity index (χ3n) is 6.66. The van der Waals surface area contributed by atoms with E-state index in [9.17, 15) is 14.7 Å². The molecule has 1 aliphatic heterocycles. The molecule has 3 amide bonds. The molecular formula is C29H35N5O4. The molecule has 0 spiro atoms. The predicted octanol–water partition coefficient (Wildman–Crippen LogP) is 4.08. The van der Waals surface area contributed by atoms with E-state index >= 15 is 0 Å². The summed E-state index contributed by atoms with van der Waals surface area (Å²) in [6.45, 7) is 5.43. The molecule has 1 aliphatic rings. The second-order valence-electron chi connectivity index (χ2n) is 9.80. The van der Waals surface area contributed by atoms with Crippen molar-refractivity contribution in [1.29, 1.82) is 0 Å². The number of amides is 3. The number of benzene rings is 2. The minimum atomic E-state index is -0.442. The zero-order chi connectivity index (χ0) is 27.1. The number of nitrogens with zero attached hydrogens (tertiary/aromatic N) is 3. The second-order valence-corrected chi connectivity index (χ2v) is 9.80. The third-order valence-corrected chi connectivity index (χ3v) is 6.66. The van der Waals surface area contributed by atoms with Crippen molar-refractivity contribution in [2.45, 2.75) is 32.5 Å². The molecule has 0 saturated heterocycles. The molecule has 9 nitrogen and oxygen atoms in total. The Morgan fingerprint density at radius 3 is 2.58 bits per heavy atom. The molecule has 3 N–H and O–H groups in total. The topological polar surface area (TPSA) is 107 Å². The molecular weight excluding hydrogens is 482 g/mol. The number of nitrogens with one attached hydrogen (secondary N) is 2. The first-order valence-corrected chi connectivity index (χ1v) is 12.8. The number of fused-ring (bicyclic) bond motifs is 1. The molecule has 200 valence electrons. The number of aromatic nitrogens is 1. The Labute approximate surface area is 223 Å². The van der Waals surface area contributed by atoms with Gasteiger partial charge in [-0.2, -0.15) is 0 Å². The van der Waals surface area contributed by atoms with Crippen molar-refractivity contribution in [3.05, 3.63) is 84.2 Å². The second kappa shape index (κ2) is 12.5. The third kappa shape index (κ3) is 6.67. The summed E-state index contributed by atoms with van der Waals surface area (Å²) in [6, 6.07) is 17.4. The average Bonchev–Trinajstić information content (AvgIpc) is 2.91. The molecule has 0 aliphatic carbocycles. The number of anilines is 2. The summed E-state index contributed by atoms with van der Waals surface area (Å²) < 4.78 is 6.57. The number of aliphatic hydroxyl groups is 1. The van der Waals surface area contributed by atoms with E-state index in [4.69, 9.17) is 4.74 Å². The van der Waals surface area contributed by atoms with Crippen molar-refractivity contribution < 1.29 is 19.4 Å². The first-order valence-electron chi connectivity index (χ1n) is 12.8. The van der Waals surface area contributed by atoms with Crippen LogP contribution in [0.5, 0.6) is 5.75 Å². The SMILES string of the molecule is C[C@H](CO)N1C[C@H](C)[C@H](CN(C)Cc2ccncc2)Oc2c(NC(=O)Nc3ccccc3)cccc2C1=O. The molecule has 0 bridgehead atoms. The first-order chi connectivity index (χ1) is 18.4. The number of urea groups is 1. The van der Waals surface area contributed by atoms with Gasteiger partial charge in [0.15, 0.2) is 5.75 Å². The highest BCUT2D eigenvalue weighted by Gasteiger charge is 2.34. The summed E-state index contributed by atoms with van der Waals surface area (Å²) in [6.07, 6.45) is 3.25. The Kier molecular flexibility index (Phi) is 8.93. The number of hydrogen-bond acceptors (Lipinski definition) is 6. The van der Waals surface area contributed by atoms with E-state index in [2.05, 4.69) is 20.5 Å². The van der Waals surface area contributed by atoms with Gasteiger partial charge in [0.05, 0.1) is 23.9 Å². The van der Waals surface area contributed by atoms with Crippen LogP contribution in [0.3, 0.4) is 0 Å². The van der Waals surface area contributed by atoms with Gasteiger partial charge in [0.25, 0.3) is 5.91 Å². The van der Waals surface area contributed by atoms with Gasteiger partial charge in [0, 0.05) is 43.6 Å². The van der Waals surface area contributed by atoms with E-state index in [0.29, 0.717) is 42.3 Å². The van der Waals surface area contributed by atoms with E-state index in [1.165, 1.54) is 0 Å². The summed E-state index contributed by atoms with van der Waals surface area (Å²) in [4.78, 5) is 34.4. The maximum Gasteiger partial charge on any atom is 0.323 e. The Bertz CT molecular complexity index is 1220. The largest absolute Gasteiger partial charge is 0.486 e. The lowest BCUT2D eigenvalue weighted by molar-refractivity contribution is 0.0343. The Balaban J connectivity index is 1.63. The molecule has 2 heterocycles. The van der Waals surface area contributed by atoms with Crippen LogP contribution >= 0.6 is 0 Å². The Morgan fingerprint density at radius 2 is 1.87 bits per heavy atom. The monoisotopic (exact) mass is 517 g/mol. The molecule has 2 aromatic carbocycles. The highest BCUT2D eigenvalue weighted by molar-refractivity contribution is 6.04. The predicted molar refractivity (Wildman–Crippen MR) is 147 cm³/mol. The summed E-state index contributed by atoms with van der Waals surface area (Å²) in [7, 11) is 2.02. The fraction of sp³-hybridized carbons (Fsp3) is 0.345. The van der Waals surface area contributed by atoms with E-state index in [1.807, 2.05) is 51.2 Å². The lowest BCUT2D eigenvalue weighted by Crippen LogP contribution is -2.49. The van der Waals surface area contributed by atoms with Crippen LogP contribution in [0.2, 0.25) is 0 Å². The van der Waals surface area contributed by atoms with Gasteiger partial charge < -0.3 is 25.4 Å². The minimum absolute atomic E-state index is 0.0489. The number of carbonyl (C=O) groups is 2. The summed E-state index contributed by atoms with van der Waals surface area (Å²) in [5, 5.41) is 15.5. The highest BCUT2D eigenvalue weighted by atomic mass is 16.5. The molecule has 0 saturated carbocycles. The van der Waals surface area contributed by atoms with Crippen LogP contribution in [0.15, 0.2) is 73.1 Å². The van der Waals surface area contributed by atoms with Crippen LogP contribution in [0, 0.1) is 5.92 Å². The Morgan fingerprint density at radius 1 is 1.13 bits per heavy atom. The number of ether oxygens (including phenoxy) is 1. The van der Waals surface area contributed by atoms with E-state index < -0.39 is 6.03 Å². The molecule has 3 aromatic rings. The number of likely N-dealkylation sites (N-methyl/N-ethyl adjacent to an activating group) is 1. The lowest BCUT2D eigenvalue weighted by Gasteiger charge is -2.38. The smallest absolute Gasteiger partial charge is 0.323 e. The summed E-state index contributed by atoms with van der Waals surface area (Å²) in [5.41, 5.74) is 2.52. The van der Waals surface area contributed by atoms with Crippen molar-refractivity contribution in [1.82, 2.24) is 14.8 Å². The fourth-order valence-corrected chi connectivity index (χ4v) is 4.54. The van der Waals surface area contributed by atoms with E-state index in [-0.39, 0.29) is 30.6 Å². The lowest BCUT2D eigenvalue weighted by atomic mass is 9.99. The van der Waals surface area contributed by atoms with Gasteiger partial charge in [-0.15, -0.1) is 0 Å². The van der Waals surface area contributed by atoms with Crippen molar-refractivity contribution in [2.75, 3.05) is 37.4 Å². The molecule has 3 atom stereocenters. The van der Waals surface area contributed by atoms with Gasteiger partial charge in [0.2, 0.25) is 0 Å². The van der Waals surface area contributed by atoms with Crippen LogP contribution in [0.25, 0.3) is 0 Å². The summed E-state index contributed by atoms with van der Waals surface area (Å²) in [5.74, 6) is 0.0287. The molecule has 1 aromatic heterocycles. The Hall–Kier alpha value is -3.95. The standard InChI is InChI=1S/C29H35N5O4/c1-20-16-34(21(2)19-35)28(36)24-10-7-11-25(32-29(37)31-23-8-5-4-6-9-23)27(24)38-26(20)18-33(3)17-22-12-14-30-15-13-22/h4-15,20-21,26,35H,16-19H2,1-3H3,(H2,31,32,37)/t20-,21+,26-/m0/s1. The van der Waals surface area contributed by atoms with Gasteiger partial charge in [-0.3, -0.25) is 14.7 Å². The number of rotatable bonds is 8. The van der Waals surface area contributed by atoms with Crippen molar-refractivity contribution >= 4 is 23.3 Å². The van der Waals surface area contributed by atoms with Gasteiger partial charge in [0.1, 0.15) is 6.10 Å².